The summed E-state index contributed by atoms with van der Waals surface area (Å²) in [5, 5.41) is 2.66. The minimum Gasteiger partial charge on any atom is -0.383 e. The summed E-state index contributed by atoms with van der Waals surface area (Å²) in [6.45, 7) is 4.37. The highest BCUT2D eigenvalue weighted by molar-refractivity contribution is 7.13. The molecule has 0 atom stereocenters. The molecule has 0 unspecified atom stereocenters. The smallest absolute Gasteiger partial charge is 0.330 e. The van der Waals surface area contributed by atoms with Crippen molar-refractivity contribution < 1.29 is 4.79 Å². The van der Waals surface area contributed by atoms with Gasteiger partial charge in [0.15, 0.2) is 5.69 Å². The number of nitrogens with zero attached hydrogens (tertiary/aromatic N) is 3. The van der Waals surface area contributed by atoms with E-state index in [1.54, 1.807) is 0 Å². The molecule has 0 radical (unpaired) electrons. The number of thiazole rings is 1. The van der Waals surface area contributed by atoms with Gasteiger partial charge in [0, 0.05) is 24.5 Å². The number of nitrogens with one attached hydrogen (secondary N) is 1. The number of aromatic nitrogens is 3. The van der Waals surface area contributed by atoms with Gasteiger partial charge in [0.1, 0.15) is 10.8 Å². The Morgan fingerprint density at radius 3 is 2.80 bits per heavy atom. The SMILES string of the molecule is CCCCn1c(N)c(N(C)C(=O)Cc2csc(-c3cccc(C)c3)n2)c(=O)[nH]c1=O. The van der Waals surface area contributed by atoms with Crippen molar-refractivity contribution in [1.82, 2.24) is 14.5 Å². The van der Waals surface area contributed by atoms with Crippen LogP contribution in [0.25, 0.3) is 10.6 Å². The molecule has 3 N–H and O–H groups in total. The predicted octanol–water partition coefficient (Wildman–Crippen LogP) is 2.56. The number of rotatable bonds is 7. The molecule has 2 heterocycles. The van der Waals surface area contributed by atoms with E-state index in [2.05, 4.69) is 9.97 Å². The Hall–Kier alpha value is -3.20. The number of likely N-dealkylation sites (N-methyl/N-ethyl adjacent to an activating group) is 1. The fourth-order valence-corrected chi connectivity index (χ4v) is 3.95. The van der Waals surface area contributed by atoms with E-state index >= 15 is 0 Å². The van der Waals surface area contributed by atoms with E-state index in [4.69, 9.17) is 5.73 Å². The zero-order chi connectivity index (χ0) is 21.8. The van der Waals surface area contributed by atoms with E-state index in [0.29, 0.717) is 12.2 Å². The first-order valence-corrected chi connectivity index (χ1v) is 10.6. The Morgan fingerprint density at radius 2 is 2.10 bits per heavy atom. The minimum atomic E-state index is -0.681. The van der Waals surface area contributed by atoms with Crippen LogP contribution >= 0.6 is 11.3 Å². The average molecular weight is 428 g/mol. The molecular weight excluding hydrogens is 402 g/mol. The number of hydrogen-bond donors (Lipinski definition) is 2. The van der Waals surface area contributed by atoms with Crippen molar-refractivity contribution in [2.24, 2.45) is 0 Å². The van der Waals surface area contributed by atoms with Crippen molar-refractivity contribution in [3.63, 3.8) is 0 Å². The Kier molecular flexibility index (Phi) is 6.51. The molecule has 0 saturated carbocycles. The molecule has 1 aromatic carbocycles. The molecular formula is C21H25N5O3S. The van der Waals surface area contributed by atoms with Crippen molar-refractivity contribution in [3.05, 3.63) is 61.7 Å². The van der Waals surface area contributed by atoms with Crippen LogP contribution in [0.1, 0.15) is 31.0 Å². The Labute approximate surface area is 178 Å². The van der Waals surface area contributed by atoms with Crippen molar-refractivity contribution in [3.8, 4) is 10.6 Å². The van der Waals surface area contributed by atoms with Gasteiger partial charge in [0.25, 0.3) is 5.56 Å². The largest absolute Gasteiger partial charge is 0.383 e. The topological polar surface area (TPSA) is 114 Å². The zero-order valence-electron chi connectivity index (χ0n) is 17.3. The molecule has 0 aliphatic heterocycles. The Morgan fingerprint density at radius 1 is 1.33 bits per heavy atom. The molecule has 0 spiro atoms. The number of anilines is 2. The lowest BCUT2D eigenvalue weighted by molar-refractivity contribution is -0.117. The van der Waals surface area contributed by atoms with E-state index in [0.717, 1.165) is 29.0 Å². The third-order valence-electron chi connectivity index (χ3n) is 4.81. The molecule has 0 aliphatic carbocycles. The number of amides is 1. The summed E-state index contributed by atoms with van der Waals surface area (Å²) in [5.41, 5.74) is 7.55. The lowest BCUT2D eigenvalue weighted by atomic mass is 10.1. The summed E-state index contributed by atoms with van der Waals surface area (Å²) in [7, 11) is 1.48. The van der Waals surface area contributed by atoms with Gasteiger partial charge in [0.2, 0.25) is 5.91 Å². The van der Waals surface area contributed by atoms with Gasteiger partial charge in [-0.3, -0.25) is 19.1 Å². The van der Waals surface area contributed by atoms with Crippen LogP contribution in [0.3, 0.4) is 0 Å². The minimum absolute atomic E-state index is 0.00761. The maximum absolute atomic E-state index is 12.8. The van der Waals surface area contributed by atoms with Gasteiger partial charge in [-0.1, -0.05) is 37.1 Å². The maximum atomic E-state index is 12.8. The summed E-state index contributed by atoms with van der Waals surface area (Å²) in [6, 6.07) is 7.99. The quantitative estimate of drug-likeness (QED) is 0.601. The van der Waals surface area contributed by atoms with Crippen LogP contribution in [0.4, 0.5) is 11.5 Å². The fraction of sp³-hybridized carbons (Fsp3) is 0.333. The molecule has 0 aliphatic rings. The standard InChI is InChI=1S/C21H25N5O3S/c1-4-5-9-26-18(22)17(19(28)24-21(26)29)25(3)16(27)11-15-12-30-20(23-15)14-8-6-7-13(2)10-14/h6-8,10,12H,4-5,9,11,22H2,1-3H3,(H,24,28,29). The van der Waals surface area contributed by atoms with Crippen LogP contribution in [0.5, 0.6) is 0 Å². The predicted molar refractivity (Wildman–Crippen MR) is 120 cm³/mol. The Bertz CT molecular complexity index is 1180. The van der Waals surface area contributed by atoms with E-state index < -0.39 is 11.2 Å². The van der Waals surface area contributed by atoms with E-state index in [1.165, 1.54) is 27.9 Å². The van der Waals surface area contributed by atoms with Crippen LogP contribution in [0.2, 0.25) is 0 Å². The summed E-state index contributed by atoms with van der Waals surface area (Å²) >= 11 is 1.46. The molecule has 8 nitrogen and oxygen atoms in total. The highest BCUT2D eigenvalue weighted by atomic mass is 32.1. The number of aromatic amines is 1. The van der Waals surface area contributed by atoms with Crippen LogP contribution in [-0.2, 0) is 17.8 Å². The molecule has 3 aromatic rings. The molecule has 158 valence electrons. The number of aryl methyl sites for hydroxylation is 1. The van der Waals surface area contributed by atoms with Gasteiger partial charge in [0.05, 0.1) is 12.1 Å². The molecule has 0 fully saturated rings. The second kappa shape index (κ2) is 9.08. The first kappa shape index (κ1) is 21.5. The molecule has 0 bridgehead atoms. The lowest BCUT2D eigenvalue weighted by Crippen LogP contribution is -2.39. The van der Waals surface area contributed by atoms with E-state index in [-0.39, 0.29) is 23.8 Å². The molecule has 2 aromatic heterocycles. The first-order chi connectivity index (χ1) is 14.3. The van der Waals surface area contributed by atoms with Crippen LogP contribution in [0.15, 0.2) is 39.2 Å². The van der Waals surface area contributed by atoms with Crippen molar-refractivity contribution in [1.29, 1.82) is 0 Å². The van der Waals surface area contributed by atoms with Gasteiger partial charge in [-0.15, -0.1) is 11.3 Å². The van der Waals surface area contributed by atoms with E-state index in [9.17, 15) is 14.4 Å². The molecule has 3 rings (SSSR count). The number of nitrogens with two attached hydrogens (primary N) is 1. The van der Waals surface area contributed by atoms with Crippen molar-refractivity contribution in [2.45, 2.75) is 39.7 Å². The number of hydrogen-bond acceptors (Lipinski definition) is 6. The number of nitrogen functional groups attached to an aromatic ring is 1. The highest BCUT2D eigenvalue weighted by Crippen LogP contribution is 2.25. The van der Waals surface area contributed by atoms with Gasteiger partial charge < -0.3 is 10.6 Å². The van der Waals surface area contributed by atoms with Crippen LogP contribution < -0.4 is 21.9 Å². The maximum Gasteiger partial charge on any atom is 0.330 e. The number of benzene rings is 1. The van der Waals surface area contributed by atoms with Crippen LogP contribution in [0, 0.1) is 6.92 Å². The monoisotopic (exact) mass is 427 g/mol. The van der Waals surface area contributed by atoms with Gasteiger partial charge in [-0.25, -0.2) is 9.78 Å². The van der Waals surface area contributed by atoms with Gasteiger partial charge in [-0.05, 0) is 19.4 Å². The number of carbonyl (C=O) groups excluding carboxylic acids is 1. The first-order valence-electron chi connectivity index (χ1n) is 9.72. The average Bonchev–Trinajstić information content (AvgIpc) is 3.16. The summed E-state index contributed by atoms with van der Waals surface area (Å²) in [4.78, 5) is 45.3. The fourth-order valence-electron chi connectivity index (χ4n) is 3.14. The third kappa shape index (κ3) is 4.51. The second-order valence-electron chi connectivity index (χ2n) is 7.14. The second-order valence-corrected chi connectivity index (χ2v) is 8.00. The highest BCUT2D eigenvalue weighted by Gasteiger charge is 2.22. The van der Waals surface area contributed by atoms with Gasteiger partial charge >= 0.3 is 5.69 Å². The number of carbonyl (C=O) groups is 1. The summed E-state index contributed by atoms with van der Waals surface area (Å²) in [5.74, 6) is -0.347. The number of H-pyrrole nitrogens is 1. The summed E-state index contributed by atoms with van der Waals surface area (Å²) < 4.78 is 1.29. The normalized spacial score (nSPS) is 10.9. The summed E-state index contributed by atoms with van der Waals surface area (Å²) in [6.07, 6.45) is 1.61. The molecule has 9 heteroatoms. The third-order valence-corrected chi connectivity index (χ3v) is 5.75. The van der Waals surface area contributed by atoms with Crippen LogP contribution in [-0.4, -0.2) is 27.5 Å². The molecule has 30 heavy (non-hydrogen) atoms. The van der Waals surface area contributed by atoms with Crippen molar-refractivity contribution >= 4 is 28.7 Å². The van der Waals surface area contributed by atoms with Gasteiger partial charge in [-0.2, -0.15) is 0 Å². The molecule has 0 saturated heterocycles. The Balaban J connectivity index is 1.83. The molecule has 1 amide bonds. The lowest BCUT2D eigenvalue weighted by Gasteiger charge is -2.20. The van der Waals surface area contributed by atoms with Crippen molar-refractivity contribution in [2.75, 3.05) is 17.7 Å². The number of unbranched alkanes of at least 4 members (excludes halogenated alkanes) is 1. The van der Waals surface area contributed by atoms with E-state index in [1.807, 2.05) is 43.5 Å². The zero-order valence-corrected chi connectivity index (χ0v) is 18.1.